The van der Waals surface area contributed by atoms with E-state index in [9.17, 15) is 4.79 Å². The van der Waals surface area contributed by atoms with Gasteiger partial charge in [0.15, 0.2) is 0 Å². The molecule has 0 spiro atoms. The molecular formula is C11H18N2O. The highest BCUT2D eigenvalue weighted by Gasteiger charge is 2.31. The normalized spacial score (nSPS) is 22.1. The van der Waals surface area contributed by atoms with Crippen molar-refractivity contribution in [3.8, 4) is 0 Å². The van der Waals surface area contributed by atoms with E-state index in [4.69, 9.17) is 6.57 Å². The fraction of sp³-hybridized carbons (Fsp3) is 0.818. The first-order valence-corrected chi connectivity index (χ1v) is 5.07. The van der Waals surface area contributed by atoms with Crippen LogP contribution in [0.15, 0.2) is 0 Å². The summed E-state index contributed by atoms with van der Waals surface area (Å²) in [6.07, 6.45) is 1.43. The summed E-state index contributed by atoms with van der Waals surface area (Å²) in [7, 11) is 0. The molecule has 1 aliphatic rings. The lowest BCUT2D eigenvalue weighted by Gasteiger charge is -2.21. The van der Waals surface area contributed by atoms with Gasteiger partial charge in [-0.3, -0.25) is 4.79 Å². The lowest BCUT2D eigenvalue weighted by atomic mass is 9.92. The summed E-state index contributed by atoms with van der Waals surface area (Å²) in [6, 6.07) is 0.0407. The molecule has 1 atom stereocenters. The van der Waals surface area contributed by atoms with Crippen LogP contribution in [0.4, 0.5) is 0 Å². The van der Waals surface area contributed by atoms with Crippen molar-refractivity contribution in [2.45, 2.75) is 39.7 Å². The van der Waals surface area contributed by atoms with Crippen LogP contribution >= 0.6 is 0 Å². The third-order valence-electron chi connectivity index (χ3n) is 2.38. The van der Waals surface area contributed by atoms with E-state index in [0.29, 0.717) is 13.0 Å². The summed E-state index contributed by atoms with van der Waals surface area (Å²) in [5.74, 6) is 0.198. The van der Waals surface area contributed by atoms with Gasteiger partial charge in [0.25, 0.3) is 0 Å². The Bertz CT molecular complexity index is 259. The molecule has 1 unspecified atom stereocenters. The van der Waals surface area contributed by atoms with Gasteiger partial charge in [0.1, 0.15) is 0 Å². The molecule has 1 heterocycles. The minimum atomic E-state index is 0.0407. The van der Waals surface area contributed by atoms with Crippen LogP contribution in [0.3, 0.4) is 0 Å². The zero-order valence-corrected chi connectivity index (χ0v) is 9.21. The van der Waals surface area contributed by atoms with Gasteiger partial charge >= 0.3 is 0 Å². The van der Waals surface area contributed by atoms with E-state index in [1.165, 1.54) is 0 Å². The lowest BCUT2D eigenvalue weighted by Crippen LogP contribution is -2.31. The summed E-state index contributed by atoms with van der Waals surface area (Å²) in [4.78, 5) is 17.0. The Hall–Kier alpha value is -1.04. The van der Waals surface area contributed by atoms with E-state index < -0.39 is 0 Å². The second kappa shape index (κ2) is 4.00. The summed E-state index contributed by atoms with van der Waals surface area (Å²) in [5, 5.41) is 0. The topological polar surface area (TPSA) is 24.7 Å². The highest BCUT2D eigenvalue weighted by atomic mass is 16.2. The van der Waals surface area contributed by atoms with Gasteiger partial charge in [0.2, 0.25) is 11.9 Å². The van der Waals surface area contributed by atoms with E-state index in [1.54, 1.807) is 0 Å². The molecule has 0 aliphatic carbocycles. The van der Waals surface area contributed by atoms with E-state index >= 15 is 0 Å². The van der Waals surface area contributed by atoms with Gasteiger partial charge in [-0.25, -0.2) is 6.57 Å². The highest BCUT2D eigenvalue weighted by Crippen LogP contribution is 2.22. The highest BCUT2D eigenvalue weighted by molar-refractivity contribution is 5.77. The average molecular weight is 194 g/mol. The van der Waals surface area contributed by atoms with Gasteiger partial charge in [-0.05, 0) is 5.41 Å². The summed E-state index contributed by atoms with van der Waals surface area (Å²) in [6.45, 7) is 14.5. The van der Waals surface area contributed by atoms with E-state index in [0.717, 1.165) is 13.0 Å². The zero-order valence-electron chi connectivity index (χ0n) is 9.21. The smallest absolute Gasteiger partial charge is 0.242 e. The van der Waals surface area contributed by atoms with E-state index in [-0.39, 0.29) is 17.4 Å². The van der Waals surface area contributed by atoms with Crippen molar-refractivity contribution in [1.82, 2.24) is 4.90 Å². The van der Waals surface area contributed by atoms with Gasteiger partial charge in [-0.2, -0.15) is 0 Å². The van der Waals surface area contributed by atoms with E-state index in [2.05, 4.69) is 25.6 Å². The Labute approximate surface area is 85.9 Å². The van der Waals surface area contributed by atoms with Crippen molar-refractivity contribution in [1.29, 1.82) is 0 Å². The maximum Gasteiger partial charge on any atom is 0.242 e. The standard InChI is InChI=1S/C11H18N2O/c1-11(2,3)7-10(14)13-6-5-9(8-13)12-4/h9H,5-8H2,1-3H3. The van der Waals surface area contributed by atoms with E-state index in [1.807, 2.05) is 4.90 Å². The molecule has 1 saturated heterocycles. The van der Waals surface area contributed by atoms with Crippen molar-refractivity contribution < 1.29 is 4.79 Å². The minimum Gasteiger partial charge on any atom is -0.335 e. The van der Waals surface area contributed by atoms with Crippen LogP contribution in [-0.2, 0) is 4.79 Å². The van der Waals surface area contributed by atoms with Crippen molar-refractivity contribution in [3.63, 3.8) is 0 Å². The maximum atomic E-state index is 11.7. The molecule has 0 bridgehead atoms. The molecule has 0 radical (unpaired) electrons. The fourth-order valence-electron chi connectivity index (χ4n) is 1.64. The van der Waals surface area contributed by atoms with Crippen LogP contribution in [0.5, 0.6) is 0 Å². The third-order valence-corrected chi connectivity index (χ3v) is 2.38. The first kappa shape index (κ1) is 11.0. The molecule has 0 aromatic heterocycles. The minimum absolute atomic E-state index is 0.0407. The molecule has 0 aromatic rings. The molecule has 1 rings (SSSR count). The van der Waals surface area contributed by atoms with Crippen LogP contribution in [0, 0.1) is 12.0 Å². The summed E-state index contributed by atoms with van der Waals surface area (Å²) >= 11 is 0. The Balaban J connectivity index is 2.45. The Kier molecular flexibility index (Phi) is 3.15. The predicted octanol–water partition coefficient (Wildman–Crippen LogP) is 1.94. The number of hydrogen-bond acceptors (Lipinski definition) is 1. The average Bonchev–Trinajstić information content (AvgIpc) is 2.48. The van der Waals surface area contributed by atoms with Gasteiger partial charge in [-0.15, -0.1) is 0 Å². The van der Waals surface area contributed by atoms with Crippen molar-refractivity contribution >= 4 is 5.91 Å². The number of likely N-dealkylation sites (tertiary alicyclic amines) is 1. The van der Waals surface area contributed by atoms with Crippen LogP contribution in [0.2, 0.25) is 0 Å². The quantitative estimate of drug-likeness (QED) is 0.585. The predicted molar refractivity (Wildman–Crippen MR) is 55.7 cm³/mol. The molecule has 1 fully saturated rings. The Morgan fingerprint density at radius 1 is 1.57 bits per heavy atom. The Morgan fingerprint density at radius 3 is 2.64 bits per heavy atom. The van der Waals surface area contributed by atoms with Crippen LogP contribution in [-0.4, -0.2) is 29.9 Å². The van der Waals surface area contributed by atoms with Crippen molar-refractivity contribution in [3.05, 3.63) is 11.4 Å². The van der Waals surface area contributed by atoms with Gasteiger partial charge in [-0.1, -0.05) is 20.8 Å². The SMILES string of the molecule is [C-]#[N+]C1CCN(C(=O)CC(C)(C)C)C1. The molecule has 1 amide bonds. The number of carbonyl (C=O) groups is 1. The van der Waals surface area contributed by atoms with Crippen LogP contribution < -0.4 is 0 Å². The molecule has 1 aliphatic heterocycles. The second-order valence-corrected chi connectivity index (χ2v) is 5.15. The second-order valence-electron chi connectivity index (χ2n) is 5.15. The molecular weight excluding hydrogens is 176 g/mol. The zero-order chi connectivity index (χ0) is 10.8. The Morgan fingerprint density at radius 2 is 2.21 bits per heavy atom. The lowest BCUT2D eigenvalue weighted by molar-refractivity contribution is -0.132. The molecule has 3 nitrogen and oxygen atoms in total. The first-order chi connectivity index (χ1) is 6.42. The number of nitrogens with zero attached hydrogens (tertiary/aromatic N) is 2. The molecule has 3 heteroatoms. The fourth-order valence-corrected chi connectivity index (χ4v) is 1.64. The maximum absolute atomic E-state index is 11.7. The number of amides is 1. The first-order valence-electron chi connectivity index (χ1n) is 5.07. The molecule has 0 N–H and O–H groups in total. The summed E-state index contributed by atoms with van der Waals surface area (Å²) in [5.41, 5.74) is 0.0489. The molecule has 0 aromatic carbocycles. The monoisotopic (exact) mass is 194 g/mol. The van der Waals surface area contributed by atoms with Gasteiger partial charge in [0, 0.05) is 19.4 Å². The van der Waals surface area contributed by atoms with Gasteiger partial charge in [0.05, 0.1) is 6.54 Å². The van der Waals surface area contributed by atoms with Crippen LogP contribution in [0.1, 0.15) is 33.6 Å². The van der Waals surface area contributed by atoms with Gasteiger partial charge < -0.3 is 9.74 Å². The largest absolute Gasteiger partial charge is 0.335 e. The molecule has 0 saturated carbocycles. The molecule has 14 heavy (non-hydrogen) atoms. The number of hydrogen-bond donors (Lipinski definition) is 0. The summed E-state index contributed by atoms with van der Waals surface area (Å²) < 4.78 is 0. The third kappa shape index (κ3) is 3.02. The van der Waals surface area contributed by atoms with Crippen LogP contribution in [0.25, 0.3) is 4.85 Å². The number of rotatable bonds is 1. The number of carbonyl (C=O) groups excluding carboxylic acids is 1. The van der Waals surface area contributed by atoms with Crippen molar-refractivity contribution in [2.24, 2.45) is 5.41 Å². The molecule has 78 valence electrons. The van der Waals surface area contributed by atoms with Crippen molar-refractivity contribution in [2.75, 3.05) is 13.1 Å².